The van der Waals surface area contributed by atoms with E-state index in [0.717, 1.165) is 6.42 Å². The molecular formula is C21H32N4O6. The maximum Gasteiger partial charge on any atom is 0.269 e. The monoisotopic (exact) mass is 436 g/mol. The molecule has 0 saturated carbocycles. The predicted molar refractivity (Wildman–Crippen MR) is 114 cm³/mol. The summed E-state index contributed by atoms with van der Waals surface area (Å²) >= 11 is 0. The second-order valence-electron chi connectivity index (χ2n) is 7.26. The summed E-state index contributed by atoms with van der Waals surface area (Å²) in [6.45, 7) is 2.67. The highest BCUT2D eigenvalue weighted by atomic mass is 16.5. The van der Waals surface area contributed by atoms with Gasteiger partial charge in [-0.05, 0) is 50.6 Å². The lowest BCUT2D eigenvalue weighted by molar-refractivity contribution is -0.127. The Morgan fingerprint density at radius 3 is 2.39 bits per heavy atom. The van der Waals surface area contributed by atoms with Crippen LogP contribution in [0, 0.1) is 5.92 Å². The molecule has 0 aliphatic carbocycles. The second-order valence-corrected chi connectivity index (χ2v) is 7.26. The van der Waals surface area contributed by atoms with Crippen LogP contribution in [0.4, 0.5) is 0 Å². The molecule has 0 radical (unpaired) electrons. The minimum absolute atomic E-state index is 0.0355. The molecule has 0 atom stereocenters. The van der Waals surface area contributed by atoms with Crippen LogP contribution in [-0.4, -0.2) is 76.7 Å². The van der Waals surface area contributed by atoms with Gasteiger partial charge in [0.15, 0.2) is 11.5 Å². The molecule has 0 spiro atoms. The van der Waals surface area contributed by atoms with Gasteiger partial charge in [0, 0.05) is 31.7 Å². The minimum Gasteiger partial charge on any atom is -0.493 e. The Kier molecular flexibility index (Phi) is 10.0. The third kappa shape index (κ3) is 7.72. The Hall–Kier alpha value is -2.85. The van der Waals surface area contributed by atoms with Crippen molar-refractivity contribution in [3.05, 3.63) is 23.8 Å². The van der Waals surface area contributed by atoms with E-state index in [9.17, 15) is 14.4 Å². The zero-order valence-electron chi connectivity index (χ0n) is 18.4. The molecule has 1 saturated heterocycles. The molecule has 1 heterocycles. The minimum atomic E-state index is -0.460. The maximum absolute atomic E-state index is 12.3. The maximum atomic E-state index is 12.3. The number of piperidine rings is 1. The summed E-state index contributed by atoms with van der Waals surface area (Å²) in [7, 11) is 4.63. The van der Waals surface area contributed by atoms with Gasteiger partial charge in [-0.25, -0.2) is 0 Å². The number of carbonyl (C=O) groups is 3. The van der Waals surface area contributed by atoms with Crippen LogP contribution in [0.3, 0.4) is 0 Å². The third-order valence-corrected chi connectivity index (χ3v) is 5.11. The number of nitrogens with zero attached hydrogens (tertiary/aromatic N) is 1. The fourth-order valence-electron chi connectivity index (χ4n) is 3.34. The molecule has 1 aliphatic rings. The normalized spacial score (nSPS) is 14.5. The van der Waals surface area contributed by atoms with E-state index < -0.39 is 5.91 Å². The zero-order valence-corrected chi connectivity index (χ0v) is 18.4. The summed E-state index contributed by atoms with van der Waals surface area (Å²) < 4.78 is 15.3. The quantitative estimate of drug-likeness (QED) is 0.357. The highest BCUT2D eigenvalue weighted by Crippen LogP contribution is 2.27. The van der Waals surface area contributed by atoms with Crippen molar-refractivity contribution < 1.29 is 28.6 Å². The van der Waals surface area contributed by atoms with Crippen LogP contribution in [0.2, 0.25) is 0 Å². The molecule has 1 aromatic rings. The van der Waals surface area contributed by atoms with Crippen LogP contribution in [0.1, 0.15) is 29.6 Å². The van der Waals surface area contributed by atoms with Gasteiger partial charge >= 0.3 is 0 Å². The number of ether oxygens (including phenoxy) is 3. The van der Waals surface area contributed by atoms with Gasteiger partial charge in [0.1, 0.15) is 0 Å². The molecule has 172 valence electrons. The van der Waals surface area contributed by atoms with Crippen molar-refractivity contribution in [1.82, 2.24) is 21.1 Å². The molecular weight excluding hydrogens is 404 g/mol. The van der Waals surface area contributed by atoms with Gasteiger partial charge in [0.25, 0.3) is 11.8 Å². The lowest BCUT2D eigenvalue weighted by atomic mass is 9.96. The predicted octanol–water partition coefficient (Wildman–Crippen LogP) is 0.330. The van der Waals surface area contributed by atoms with E-state index in [-0.39, 0.29) is 24.3 Å². The number of methoxy groups -OCH3 is 3. The summed E-state index contributed by atoms with van der Waals surface area (Å²) in [5.41, 5.74) is 5.16. The van der Waals surface area contributed by atoms with Crippen LogP contribution in [0.15, 0.2) is 18.2 Å². The first-order valence-electron chi connectivity index (χ1n) is 10.3. The molecule has 1 aromatic carbocycles. The summed E-state index contributed by atoms with van der Waals surface area (Å²) in [5.74, 6) is 0.172. The lowest BCUT2D eigenvalue weighted by Crippen LogP contribution is -2.48. The molecule has 0 bridgehead atoms. The molecule has 3 amide bonds. The van der Waals surface area contributed by atoms with E-state index >= 15 is 0 Å². The number of benzene rings is 1. The molecule has 10 nitrogen and oxygen atoms in total. The molecule has 1 aliphatic heterocycles. The van der Waals surface area contributed by atoms with Gasteiger partial charge in [0.2, 0.25) is 5.91 Å². The SMILES string of the molecule is COCCCNC(=O)C1CCN(CC(=O)NNC(=O)c2ccc(OC)c(OC)c2)CC1. The van der Waals surface area contributed by atoms with Gasteiger partial charge < -0.3 is 19.5 Å². The average Bonchev–Trinajstić information content (AvgIpc) is 2.80. The fourth-order valence-corrected chi connectivity index (χ4v) is 3.34. The first kappa shape index (κ1) is 24.4. The third-order valence-electron chi connectivity index (χ3n) is 5.11. The number of amides is 3. The Bertz CT molecular complexity index is 749. The van der Waals surface area contributed by atoms with Gasteiger partial charge in [-0.3, -0.25) is 30.1 Å². The Morgan fingerprint density at radius 2 is 1.74 bits per heavy atom. The largest absolute Gasteiger partial charge is 0.493 e. The van der Waals surface area contributed by atoms with Crippen molar-refractivity contribution in [2.75, 3.05) is 54.1 Å². The standard InChI is InChI=1S/C21H32N4O6/c1-29-12-4-9-22-20(27)15-7-10-25(11-8-15)14-19(26)23-24-21(28)16-5-6-17(30-2)18(13-16)31-3/h5-6,13,15H,4,7-12,14H2,1-3H3,(H,22,27)(H,23,26)(H,24,28). The van der Waals surface area contributed by atoms with Crippen molar-refractivity contribution >= 4 is 17.7 Å². The molecule has 2 rings (SSSR count). The first-order chi connectivity index (χ1) is 15.0. The van der Waals surface area contributed by atoms with Gasteiger partial charge in [0.05, 0.1) is 20.8 Å². The number of hydrogen-bond donors (Lipinski definition) is 3. The van der Waals surface area contributed by atoms with Gasteiger partial charge in [-0.15, -0.1) is 0 Å². The molecule has 3 N–H and O–H groups in total. The molecule has 0 aromatic heterocycles. The van der Waals surface area contributed by atoms with E-state index in [4.69, 9.17) is 14.2 Å². The highest BCUT2D eigenvalue weighted by Gasteiger charge is 2.25. The smallest absolute Gasteiger partial charge is 0.269 e. The van der Waals surface area contributed by atoms with Crippen molar-refractivity contribution in [3.8, 4) is 11.5 Å². The molecule has 0 unspecified atom stereocenters. The first-order valence-corrected chi connectivity index (χ1v) is 10.3. The van der Waals surface area contributed by atoms with Crippen molar-refractivity contribution in [2.24, 2.45) is 5.92 Å². The number of carbonyl (C=O) groups excluding carboxylic acids is 3. The fraction of sp³-hybridized carbons (Fsp3) is 0.571. The van der Waals surface area contributed by atoms with E-state index in [1.165, 1.54) is 20.3 Å². The second kappa shape index (κ2) is 12.8. The summed E-state index contributed by atoms with van der Waals surface area (Å²) in [6, 6.07) is 4.73. The van der Waals surface area contributed by atoms with Gasteiger partial charge in [-0.1, -0.05) is 0 Å². The van der Waals surface area contributed by atoms with E-state index in [1.54, 1.807) is 19.2 Å². The van der Waals surface area contributed by atoms with Crippen molar-refractivity contribution in [1.29, 1.82) is 0 Å². The summed E-state index contributed by atoms with van der Waals surface area (Å²) in [4.78, 5) is 38.6. The lowest BCUT2D eigenvalue weighted by Gasteiger charge is -2.30. The van der Waals surface area contributed by atoms with Crippen LogP contribution >= 0.6 is 0 Å². The molecule has 31 heavy (non-hydrogen) atoms. The number of hydrazine groups is 1. The van der Waals surface area contributed by atoms with Crippen LogP contribution in [0.25, 0.3) is 0 Å². The molecule has 10 heteroatoms. The van der Waals surface area contributed by atoms with Crippen LogP contribution in [-0.2, 0) is 14.3 Å². The topological polar surface area (TPSA) is 118 Å². The number of nitrogens with one attached hydrogen (secondary N) is 3. The van der Waals surface area contributed by atoms with E-state index in [1.807, 2.05) is 4.90 Å². The van der Waals surface area contributed by atoms with Crippen LogP contribution in [0.5, 0.6) is 11.5 Å². The number of likely N-dealkylation sites (tertiary alicyclic amines) is 1. The van der Waals surface area contributed by atoms with E-state index in [2.05, 4.69) is 16.2 Å². The van der Waals surface area contributed by atoms with E-state index in [0.29, 0.717) is 56.1 Å². The molecule has 1 fully saturated rings. The Labute approximate surface area is 182 Å². The zero-order chi connectivity index (χ0) is 22.6. The Balaban J connectivity index is 1.70. The average molecular weight is 437 g/mol. The van der Waals surface area contributed by atoms with Gasteiger partial charge in [-0.2, -0.15) is 0 Å². The number of rotatable bonds is 10. The summed E-state index contributed by atoms with van der Waals surface area (Å²) in [5, 5.41) is 2.93. The van der Waals surface area contributed by atoms with Crippen molar-refractivity contribution in [2.45, 2.75) is 19.3 Å². The number of hydrogen-bond acceptors (Lipinski definition) is 7. The van der Waals surface area contributed by atoms with Crippen molar-refractivity contribution in [3.63, 3.8) is 0 Å². The highest BCUT2D eigenvalue weighted by molar-refractivity contribution is 5.96. The summed E-state index contributed by atoms with van der Waals surface area (Å²) in [6.07, 6.45) is 2.18. The van der Waals surface area contributed by atoms with Crippen LogP contribution < -0.4 is 25.6 Å². The Morgan fingerprint density at radius 1 is 1.03 bits per heavy atom.